The van der Waals surface area contributed by atoms with E-state index < -0.39 is 0 Å². The van der Waals surface area contributed by atoms with Crippen LogP contribution in [0.1, 0.15) is 51.7 Å². The fraction of sp³-hybridized carbons (Fsp3) is 0.429. The zero-order chi connectivity index (χ0) is 15.1. The van der Waals surface area contributed by atoms with E-state index in [0.717, 1.165) is 12.3 Å². The summed E-state index contributed by atoms with van der Waals surface area (Å²) < 4.78 is 0. The molecule has 0 radical (unpaired) electrons. The van der Waals surface area contributed by atoms with Crippen LogP contribution in [0.25, 0.3) is 17.2 Å². The van der Waals surface area contributed by atoms with Crippen molar-refractivity contribution in [2.75, 3.05) is 0 Å². The Bertz CT molecular complexity index is 743. The highest BCUT2D eigenvalue weighted by Crippen LogP contribution is 2.37. The third-order valence-electron chi connectivity index (χ3n) is 5.52. The smallest absolute Gasteiger partial charge is 0.0120 e. The molecule has 0 heteroatoms. The molecule has 0 aromatic heterocycles. The first kappa shape index (κ1) is 14.4. The summed E-state index contributed by atoms with van der Waals surface area (Å²) in [5.41, 5.74) is 7.59. The number of hydrogen-bond donors (Lipinski definition) is 0. The number of rotatable bonds is 2. The molecule has 0 nitrogen and oxygen atoms in total. The summed E-state index contributed by atoms with van der Waals surface area (Å²) >= 11 is 0. The van der Waals surface area contributed by atoms with Crippen LogP contribution >= 0.6 is 0 Å². The van der Waals surface area contributed by atoms with Gasteiger partial charge in [-0.3, -0.25) is 0 Å². The second-order valence-corrected chi connectivity index (χ2v) is 6.75. The van der Waals surface area contributed by atoms with E-state index in [1.165, 1.54) is 40.0 Å². The van der Waals surface area contributed by atoms with E-state index in [1.807, 2.05) is 0 Å². The molecule has 0 spiro atoms. The number of benzene rings is 1. The van der Waals surface area contributed by atoms with Crippen LogP contribution in [0, 0.1) is 11.8 Å². The van der Waals surface area contributed by atoms with Crippen LogP contribution < -0.4 is 10.4 Å². The maximum Gasteiger partial charge on any atom is -0.0120 e. The van der Waals surface area contributed by atoms with Gasteiger partial charge in [0.1, 0.15) is 0 Å². The molecular formula is C21H26. The zero-order valence-electron chi connectivity index (χ0n) is 13.8. The lowest BCUT2D eigenvalue weighted by atomic mass is 9.97. The van der Waals surface area contributed by atoms with Crippen molar-refractivity contribution in [2.45, 2.75) is 47.0 Å². The first-order chi connectivity index (χ1) is 10.1. The summed E-state index contributed by atoms with van der Waals surface area (Å²) in [6.07, 6.45) is 8.03. The van der Waals surface area contributed by atoms with Crippen LogP contribution in [0.2, 0.25) is 0 Å². The minimum atomic E-state index is 0.601. The molecular weight excluding hydrogens is 252 g/mol. The van der Waals surface area contributed by atoms with Gasteiger partial charge in [-0.15, -0.1) is 0 Å². The first-order valence-electron chi connectivity index (χ1n) is 8.22. The molecule has 0 fully saturated rings. The second-order valence-electron chi connectivity index (χ2n) is 6.75. The molecule has 110 valence electrons. The molecule has 1 aromatic carbocycles. The van der Waals surface area contributed by atoms with E-state index in [1.54, 1.807) is 11.1 Å². The number of allylic oxidation sites excluding steroid dienone is 3. The van der Waals surface area contributed by atoms with Crippen molar-refractivity contribution in [3.63, 3.8) is 0 Å². The van der Waals surface area contributed by atoms with Crippen LogP contribution in [0.4, 0.5) is 0 Å². The van der Waals surface area contributed by atoms with Gasteiger partial charge in [0.25, 0.3) is 0 Å². The van der Waals surface area contributed by atoms with E-state index in [-0.39, 0.29) is 0 Å². The Kier molecular flexibility index (Phi) is 3.65. The van der Waals surface area contributed by atoms with Gasteiger partial charge in [-0.2, -0.15) is 0 Å². The standard InChI is InChI=1S/C21H26/c1-6-16-11-17(20-9-8-13(3)15(20)5)12-18-10-14(4)19(7-2)21(16)18/h6-7,11-14H,2,8-10H2,1,3-5H3/b16-6-/t13-,14-/m1/s1. The van der Waals surface area contributed by atoms with Crippen molar-refractivity contribution in [1.82, 2.24) is 0 Å². The number of fused-ring (bicyclic) bond motifs is 1. The van der Waals surface area contributed by atoms with Gasteiger partial charge in [-0.05, 0) is 83.7 Å². The van der Waals surface area contributed by atoms with Crippen LogP contribution in [0.3, 0.4) is 0 Å². The second kappa shape index (κ2) is 5.33. The van der Waals surface area contributed by atoms with Crippen molar-refractivity contribution in [1.29, 1.82) is 0 Å². The summed E-state index contributed by atoms with van der Waals surface area (Å²) in [7, 11) is 0. The van der Waals surface area contributed by atoms with E-state index in [9.17, 15) is 0 Å². The predicted molar refractivity (Wildman–Crippen MR) is 93.3 cm³/mol. The Balaban J connectivity index is 2.26. The molecule has 0 saturated carbocycles. The molecule has 3 rings (SSSR count). The van der Waals surface area contributed by atoms with Crippen molar-refractivity contribution in [3.05, 3.63) is 51.9 Å². The Hall–Kier alpha value is -1.56. The van der Waals surface area contributed by atoms with Gasteiger partial charge in [-0.1, -0.05) is 44.2 Å². The van der Waals surface area contributed by atoms with Crippen LogP contribution in [0.5, 0.6) is 0 Å². The average molecular weight is 278 g/mol. The highest BCUT2D eigenvalue weighted by atomic mass is 14.3. The Morgan fingerprint density at radius 3 is 2.52 bits per heavy atom. The topological polar surface area (TPSA) is 0 Å². The van der Waals surface area contributed by atoms with Crippen molar-refractivity contribution >= 4 is 17.2 Å². The maximum atomic E-state index is 4.03. The molecule has 0 N–H and O–H groups in total. The lowest BCUT2D eigenvalue weighted by Crippen LogP contribution is -2.28. The summed E-state index contributed by atoms with van der Waals surface area (Å²) in [4.78, 5) is 0. The molecule has 0 bridgehead atoms. The Labute approximate surface area is 128 Å². The molecule has 2 aliphatic rings. The maximum absolute atomic E-state index is 4.03. The SMILES string of the molecule is C=CC1=c2c(cc(C3=C(C)[C@H](C)CC3)c/c2=C/C)C[C@H]1C. The first-order valence-corrected chi connectivity index (χ1v) is 8.22. The quantitative estimate of drug-likeness (QED) is 0.760. The van der Waals surface area contributed by atoms with Crippen LogP contribution in [0.15, 0.2) is 30.4 Å². The lowest BCUT2D eigenvalue weighted by molar-refractivity contribution is 0.671. The van der Waals surface area contributed by atoms with Gasteiger partial charge < -0.3 is 0 Å². The monoisotopic (exact) mass is 278 g/mol. The zero-order valence-corrected chi connectivity index (χ0v) is 13.8. The normalized spacial score (nSPS) is 25.7. The largest absolute Gasteiger partial charge is 0.0988 e. The molecule has 0 unspecified atom stereocenters. The highest BCUT2D eigenvalue weighted by molar-refractivity contribution is 5.73. The summed E-state index contributed by atoms with van der Waals surface area (Å²) in [5.74, 6) is 1.35. The van der Waals surface area contributed by atoms with Crippen LogP contribution in [-0.2, 0) is 6.42 Å². The van der Waals surface area contributed by atoms with Crippen molar-refractivity contribution in [2.24, 2.45) is 11.8 Å². The molecule has 0 amide bonds. The minimum absolute atomic E-state index is 0.601. The van der Waals surface area contributed by atoms with Gasteiger partial charge in [0.2, 0.25) is 0 Å². The fourth-order valence-electron chi connectivity index (χ4n) is 4.08. The molecule has 0 saturated heterocycles. The summed E-state index contributed by atoms with van der Waals surface area (Å²) in [5, 5.41) is 2.84. The number of hydrogen-bond acceptors (Lipinski definition) is 0. The van der Waals surface area contributed by atoms with Gasteiger partial charge in [0, 0.05) is 0 Å². The van der Waals surface area contributed by atoms with E-state index in [4.69, 9.17) is 0 Å². The van der Waals surface area contributed by atoms with Crippen molar-refractivity contribution < 1.29 is 0 Å². The van der Waals surface area contributed by atoms with Crippen molar-refractivity contribution in [3.8, 4) is 0 Å². The molecule has 21 heavy (non-hydrogen) atoms. The van der Waals surface area contributed by atoms with Gasteiger partial charge >= 0.3 is 0 Å². The predicted octanol–water partition coefficient (Wildman–Crippen LogP) is 4.22. The van der Waals surface area contributed by atoms with E-state index >= 15 is 0 Å². The van der Waals surface area contributed by atoms with Gasteiger partial charge in [0.15, 0.2) is 0 Å². The fourth-order valence-corrected chi connectivity index (χ4v) is 4.08. The summed E-state index contributed by atoms with van der Waals surface area (Å²) in [6.45, 7) is 13.2. The highest BCUT2D eigenvalue weighted by Gasteiger charge is 2.23. The van der Waals surface area contributed by atoms with Gasteiger partial charge in [0.05, 0.1) is 0 Å². The summed E-state index contributed by atoms with van der Waals surface area (Å²) in [6, 6.07) is 4.85. The third kappa shape index (κ3) is 2.21. The molecule has 2 aliphatic carbocycles. The van der Waals surface area contributed by atoms with E-state index in [0.29, 0.717) is 5.92 Å². The average Bonchev–Trinajstić information content (AvgIpc) is 2.97. The van der Waals surface area contributed by atoms with Crippen LogP contribution in [-0.4, -0.2) is 0 Å². The Morgan fingerprint density at radius 1 is 1.19 bits per heavy atom. The lowest BCUT2D eigenvalue weighted by Gasteiger charge is -2.08. The molecule has 1 aromatic rings. The molecule has 2 atom stereocenters. The Morgan fingerprint density at radius 2 is 1.95 bits per heavy atom. The third-order valence-corrected chi connectivity index (χ3v) is 5.52. The molecule has 0 aliphatic heterocycles. The minimum Gasteiger partial charge on any atom is -0.0988 e. The molecule has 0 heterocycles. The van der Waals surface area contributed by atoms with E-state index in [2.05, 4.69) is 58.6 Å². The van der Waals surface area contributed by atoms with Gasteiger partial charge in [-0.25, -0.2) is 0 Å².